The zero-order valence-corrected chi connectivity index (χ0v) is 15.4. The summed E-state index contributed by atoms with van der Waals surface area (Å²) in [7, 11) is 0. The molecule has 2 heterocycles. The molecule has 5 heteroatoms. The summed E-state index contributed by atoms with van der Waals surface area (Å²) in [4.78, 5) is 19.3. The van der Waals surface area contributed by atoms with Crippen LogP contribution in [0.4, 0.5) is 0 Å². The third kappa shape index (κ3) is 3.68. The molecule has 1 aliphatic heterocycles. The van der Waals surface area contributed by atoms with Crippen molar-refractivity contribution in [3.63, 3.8) is 0 Å². The van der Waals surface area contributed by atoms with Gasteiger partial charge in [0.2, 0.25) is 5.91 Å². The predicted octanol–water partition coefficient (Wildman–Crippen LogP) is 3.12. The Labute approximate surface area is 147 Å². The summed E-state index contributed by atoms with van der Waals surface area (Å²) < 4.78 is 0. The molecular weight excluding hydrogens is 318 g/mol. The normalized spacial score (nSPS) is 21.0. The molecule has 4 nitrogen and oxygen atoms in total. The van der Waals surface area contributed by atoms with Crippen LogP contribution in [0.3, 0.4) is 0 Å². The van der Waals surface area contributed by atoms with Crippen LogP contribution in [0.5, 0.6) is 0 Å². The molecule has 0 bridgehead atoms. The van der Waals surface area contributed by atoms with Gasteiger partial charge in [-0.15, -0.1) is 11.3 Å². The number of nitrogens with zero attached hydrogens (tertiary/aromatic N) is 2. The van der Waals surface area contributed by atoms with Crippen molar-refractivity contribution in [1.82, 2.24) is 15.2 Å². The lowest BCUT2D eigenvalue weighted by molar-refractivity contribution is -0.134. The van der Waals surface area contributed by atoms with Crippen LogP contribution in [0.15, 0.2) is 29.6 Å². The Morgan fingerprint density at radius 1 is 1.33 bits per heavy atom. The van der Waals surface area contributed by atoms with Crippen molar-refractivity contribution in [2.24, 2.45) is 0 Å². The van der Waals surface area contributed by atoms with Gasteiger partial charge < -0.3 is 10.2 Å². The van der Waals surface area contributed by atoms with Crippen molar-refractivity contribution in [2.75, 3.05) is 13.1 Å². The zero-order valence-electron chi connectivity index (χ0n) is 14.6. The van der Waals surface area contributed by atoms with E-state index in [2.05, 4.69) is 55.3 Å². The summed E-state index contributed by atoms with van der Waals surface area (Å²) >= 11 is 1.61. The number of carbonyl (C=O) groups excluding carboxylic acids is 1. The molecular formula is C19H25N3OS. The maximum Gasteiger partial charge on any atom is 0.228 e. The van der Waals surface area contributed by atoms with E-state index in [-0.39, 0.29) is 11.9 Å². The highest BCUT2D eigenvalue weighted by Crippen LogP contribution is 2.25. The van der Waals surface area contributed by atoms with Gasteiger partial charge in [0.25, 0.3) is 0 Å². The van der Waals surface area contributed by atoms with Crippen LogP contribution in [-0.4, -0.2) is 41.0 Å². The number of aryl methyl sites for hydroxylation is 1. The van der Waals surface area contributed by atoms with Crippen molar-refractivity contribution in [2.45, 2.75) is 45.7 Å². The highest BCUT2D eigenvalue weighted by Gasteiger charge is 2.28. The van der Waals surface area contributed by atoms with E-state index in [9.17, 15) is 4.79 Å². The zero-order chi connectivity index (χ0) is 17.1. The summed E-state index contributed by atoms with van der Waals surface area (Å²) in [6, 6.07) is 9.08. The minimum absolute atomic E-state index is 0.175. The fourth-order valence-electron chi connectivity index (χ4n) is 3.07. The molecule has 1 aromatic carbocycles. The van der Waals surface area contributed by atoms with E-state index < -0.39 is 0 Å². The summed E-state index contributed by atoms with van der Waals surface area (Å²) in [6.07, 6.45) is 1.43. The molecule has 1 amide bonds. The van der Waals surface area contributed by atoms with E-state index in [1.165, 1.54) is 5.56 Å². The number of piperazine rings is 1. The van der Waals surface area contributed by atoms with Gasteiger partial charge in [-0.2, -0.15) is 0 Å². The summed E-state index contributed by atoms with van der Waals surface area (Å²) in [6.45, 7) is 8.03. The first-order valence-electron chi connectivity index (χ1n) is 8.65. The van der Waals surface area contributed by atoms with E-state index in [4.69, 9.17) is 0 Å². The van der Waals surface area contributed by atoms with E-state index in [1.807, 2.05) is 10.3 Å². The maximum atomic E-state index is 12.6. The van der Waals surface area contributed by atoms with E-state index in [0.29, 0.717) is 12.5 Å². The van der Waals surface area contributed by atoms with E-state index in [1.54, 1.807) is 11.3 Å². The Morgan fingerprint density at radius 3 is 2.79 bits per heavy atom. The first-order chi connectivity index (χ1) is 11.6. The van der Waals surface area contributed by atoms with Crippen molar-refractivity contribution in [3.05, 3.63) is 40.9 Å². The highest BCUT2D eigenvalue weighted by atomic mass is 32.1. The second kappa shape index (κ2) is 7.45. The molecule has 1 aliphatic rings. The van der Waals surface area contributed by atoms with Crippen LogP contribution in [0.25, 0.3) is 10.6 Å². The Hall–Kier alpha value is -1.72. The largest absolute Gasteiger partial charge is 0.337 e. The number of thiazole rings is 1. The molecule has 1 aromatic heterocycles. The lowest BCUT2D eigenvalue weighted by Crippen LogP contribution is -2.57. The molecule has 0 saturated carbocycles. The molecule has 24 heavy (non-hydrogen) atoms. The molecule has 1 saturated heterocycles. The van der Waals surface area contributed by atoms with E-state index >= 15 is 0 Å². The Kier molecular flexibility index (Phi) is 5.31. The number of nitrogens with one attached hydrogen (secondary N) is 1. The molecule has 2 unspecified atom stereocenters. The summed E-state index contributed by atoms with van der Waals surface area (Å²) in [5.74, 6) is 0.175. The minimum Gasteiger partial charge on any atom is -0.337 e. The second-order valence-corrected chi connectivity index (χ2v) is 7.30. The topological polar surface area (TPSA) is 45.2 Å². The van der Waals surface area contributed by atoms with E-state index in [0.717, 1.165) is 35.8 Å². The molecule has 128 valence electrons. The summed E-state index contributed by atoms with van der Waals surface area (Å²) in [5, 5.41) is 6.41. The molecule has 0 aliphatic carbocycles. The molecule has 3 rings (SSSR count). The number of hydrogen-bond donors (Lipinski definition) is 1. The quantitative estimate of drug-likeness (QED) is 0.928. The number of benzene rings is 1. The van der Waals surface area contributed by atoms with Crippen molar-refractivity contribution < 1.29 is 4.79 Å². The van der Waals surface area contributed by atoms with Gasteiger partial charge in [0.05, 0.1) is 12.1 Å². The number of amides is 1. The molecule has 0 radical (unpaired) electrons. The molecule has 1 fully saturated rings. The fourth-order valence-corrected chi connectivity index (χ4v) is 3.89. The van der Waals surface area contributed by atoms with Crippen molar-refractivity contribution >= 4 is 17.2 Å². The lowest BCUT2D eigenvalue weighted by atomic mass is 10.1. The van der Waals surface area contributed by atoms with Crippen LogP contribution < -0.4 is 5.32 Å². The van der Waals surface area contributed by atoms with Crippen LogP contribution in [-0.2, 0) is 17.6 Å². The van der Waals surface area contributed by atoms with Gasteiger partial charge in [0.15, 0.2) is 0 Å². The molecule has 2 atom stereocenters. The Balaban J connectivity index is 1.68. The number of carbonyl (C=O) groups is 1. The lowest BCUT2D eigenvalue weighted by Gasteiger charge is -2.38. The monoisotopic (exact) mass is 343 g/mol. The third-order valence-corrected chi connectivity index (χ3v) is 5.79. The first kappa shape index (κ1) is 17.1. The number of aromatic nitrogens is 1. The van der Waals surface area contributed by atoms with Gasteiger partial charge in [0, 0.05) is 36.1 Å². The van der Waals surface area contributed by atoms with Crippen LogP contribution in [0.2, 0.25) is 0 Å². The smallest absolute Gasteiger partial charge is 0.228 e. The predicted molar refractivity (Wildman–Crippen MR) is 99.3 cm³/mol. The Bertz CT molecular complexity index is 695. The standard InChI is InChI=1S/C19H25N3OS/c1-4-15-5-7-16(8-6-15)19-21-17(12-24-19)11-18(23)22-10-9-20-13(2)14(22)3/h5-8,12-14,20H,4,9-11H2,1-3H3. The van der Waals surface area contributed by atoms with Crippen LogP contribution in [0, 0.1) is 0 Å². The average molecular weight is 343 g/mol. The van der Waals surface area contributed by atoms with Crippen molar-refractivity contribution in [1.29, 1.82) is 0 Å². The maximum absolute atomic E-state index is 12.6. The van der Waals surface area contributed by atoms with Crippen molar-refractivity contribution in [3.8, 4) is 10.6 Å². The third-order valence-electron chi connectivity index (χ3n) is 4.85. The van der Waals surface area contributed by atoms with Crippen LogP contribution in [0.1, 0.15) is 32.0 Å². The van der Waals surface area contributed by atoms with Gasteiger partial charge in [-0.25, -0.2) is 4.98 Å². The number of hydrogen-bond acceptors (Lipinski definition) is 4. The highest BCUT2D eigenvalue weighted by molar-refractivity contribution is 7.13. The van der Waals surface area contributed by atoms with Gasteiger partial charge in [0.1, 0.15) is 5.01 Å². The molecule has 1 N–H and O–H groups in total. The summed E-state index contributed by atoms with van der Waals surface area (Å²) in [5.41, 5.74) is 3.32. The van der Waals surface area contributed by atoms with Gasteiger partial charge in [-0.1, -0.05) is 31.2 Å². The second-order valence-electron chi connectivity index (χ2n) is 6.44. The van der Waals surface area contributed by atoms with Gasteiger partial charge in [-0.05, 0) is 25.8 Å². The number of rotatable bonds is 4. The van der Waals surface area contributed by atoms with Crippen LogP contribution >= 0.6 is 11.3 Å². The van der Waals surface area contributed by atoms with Gasteiger partial charge in [-0.3, -0.25) is 4.79 Å². The minimum atomic E-state index is 0.175. The Morgan fingerprint density at radius 2 is 2.08 bits per heavy atom. The molecule has 2 aromatic rings. The van der Waals surface area contributed by atoms with Gasteiger partial charge >= 0.3 is 0 Å². The first-order valence-corrected chi connectivity index (χ1v) is 9.53. The molecule has 0 spiro atoms. The SMILES string of the molecule is CCc1ccc(-c2nc(CC(=O)N3CCNC(C)C3C)cs2)cc1. The fraction of sp³-hybridized carbons (Fsp3) is 0.474. The average Bonchev–Trinajstić information content (AvgIpc) is 3.05.